The van der Waals surface area contributed by atoms with E-state index in [1.165, 1.54) is 17.0 Å². The summed E-state index contributed by atoms with van der Waals surface area (Å²) in [7, 11) is 0. The lowest BCUT2D eigenvalue weighted by molar-refractivity contribution is -0.137. The Hall–Kier alpha value is -2.54. The Morgan fingerprint density at radius 1 is 1.38 bits per heavy atom. The quantitative estimate of drug-likeness (QED) is 0.857. The fraction of sp³-hybridized carbons (Fsp3) is 0.421. The summed E-state index contributed by atoms with van der Waals surface area (Å²) in [4.78, 5) is 29.8. The molecule has 0 saturated carbocycles. The van der Waals surface area contributed by atoms with Gasteiger partial charge in [-0.1, -0.05) is 0 Å². The number of hydrogen-bond acceptors (Lipinski definition) is 4. The van der Waals surface area contributed by atoms with Gasteiger partial charge in [0.1, 0.15) is 5.82 Å². The summed E-state index contributed by atoms with van der Waals surface area (Å²) >= 11 is 0. The van der Waals surface area contributed by atoms with Gasteiger partial charge in [-0.25, -0.2) is 4.39 Å². The van der Waals surface area contributed by atoms with Crippen LogP contribution in [0.1, 0.15) is 35.3 Å². The lowest BCUT2D eigenvalue weighted by Gasteiger charge is -2.25. The Kier molecular flexibility index (Phi) is 5.46. The van der Waals surface area contributed by atoms with Crippen molar-refractivity contribution in [2.24, 2.45) is 0 Å². The second kappa shape index (κ2) is 7.78. The minimum Gasteiger partial charge on any atom is -0.481 e. The fourth-order valence-corrected chi connectivity index (χ4v) is 3.16. The molecule has 0 spiro atoms. The molecule has 1 aromatic carbocycles. The first-order chi connectivity index (χ1) is 12.4. The lowest BCUT2D eigenvalue weighted by Crippen LogP contribution is -2.39. The van der Waals surface area contributed by atoms with Gasteiger partial charge in [0.15, 0.2) is 0 Å². The van der Waals surface area contributed by atoms with E-state index in [-0.39, 0.29) is 30.8 Å². The van der Waals surface area contributed by atoms with E-state index in [0.717, 1.165) is 12.8 Å². The lowest BCUT2D eigenvalue weighted by atomic mass is 10.1. The van der Waals surface area contributed by atoms with Crippen LogP contribution in [-0.2, 0) is 9.53 Å². The molecule has 1 aliphatic rings. The molecule has 0 bridgehead atoms. The number of ether oxygens (including phenoxy) is 1. The monoisotopic (exact) mass is 360 g/mol. The van der Waals surface area contributed by atoms with Crippen molar-refractivity contribution in [3.8, 4) is 0 Å². The maximum absolute atomic E-state index is 13.4. The Morgan fingerprint density at radius 2 is 2.19 bits per heavy atom. The van der Waals surface area contributed by atoms with Gasteiger partial charge < -0.3 is 14.7 Å². The predicted octanol–water partition coefficient (Wildman–Crippen LogP) is 2.78. The van der Waals surface area contributed by atoms with Gasteiger partial charge in [0.2, 0.25) is 0 Å². The van der Waals surface area contributed by atoms with Gasteiger partial charge in [-0.05, 0) is 38.0 Å². The molecule has 138 valence electrons. The Morgan fingerprint density at radius 3 is 2.88 bits per heavy atom. The number of aryl methyl sites for hydroxylation is 1. The standard InChI is InChI=1S/C19H21FN2O4/c1-12-16(9-13-4-5-14(20)10-17(13)21-12)19(25)22(7-6-18(23)24)11-15-3-2-8-26-15/h4-5,9-10,15H,2-3,6-8,11H2,1H3,(H,23,24). The summed E-state index contributed by atoms with van der Waals surface area (Å²) in [6.07, 6.45) is 1.58. The second-order valence-corrected chi connectivity index (χ2v) is 6.49. The van der Waals surface area contributed by atoms with Gasteiger partial charge in [0, 0.05) is 31.1 Å². The number of halogens is 1. The molecule has 2 aromatic rings. The topological polar surface area (TPSA) is 79.7 Å². The molecule has 2 heterocycles. The van der Waals surface area contributed by atoms with Gasteiger partial charge in [0.05, 0.1) is 29.3 Å². The highest BCUT2D eigenvalue weighted by Crippen LogP contribution is 2.21. The van der Waals surface area contributed by atoms with Crippen LogP contribution in [-0.4, -0.2) is 52.7 Å². The van der Waals surface area contributed by atoms with Gasteiger partial charge in [-0.3, -0.25) is 14.6 Å². The van der Waals surface area contributed by atoms with Crippen molar-refractivity contribution in [1.29, 1.82) is 0 Å². The Labute approximate surface area is 150 Å². The van der Waals surface area contributed by atoms with E-state index in [9.17, 15) is 14.0 Å². The third-order valence-corrected chi connectivity index (χ3v) is 4.53. The van der Waals surface area contributed by atoms with Crippen LogP contribution in [0.3, 0.4) is 0 Å². The highest BCUT2D eigenvalue weighted by molar-refractivity contribution is 5.98. The molecular weight excluding hydrogens is 339 g/mol. The molecule has 26 heavy (non-hydrogen) atoms. The molecule has 1 N–H and O–H groups in total. The molecule has 0 aliphatic carbocycles. The number of carbonyl (C=O) groups excluding carboxylic acids is 1. The summed E-state index contributed by atoms with van der Waals surface area (Å²) in [5.41, 5.74) is 1.36. The third kappa shape index (κ3) is 4.16. The van der Waals surface area contributed by atoms with Gasteiger partial charge >= 0.3 is 5.97 Å². The van der Waals surface area contributed by atoms with E-state index in [1.54, 1.807) is 19.1 Å². The number of benzene rings is 1. The van der Waals surface area contributed by atoms with E-state index in [2.05, 4.69) is 4.98 Å². The van der Waals surface area contributed by atoms with Crippen LogP contribution >= 0.6 is 0 Å². The largest absolute Gasteiger partial charge is 0.481 e. The third-order valence-electron chi connectivity index (χ3n) is 4.53. The summed E-state index contributed by atoms with van der Waals surface area (Å²) in [6.45, 7) is 2.81. The molecule has 1 atom stereocenters. The van der Waals surface area contributed by atoms with Gasteiger partial charge in [-0.2, -0.15) is 0 Å². The first-order valence-electron chi connectivity index (χ1n) is 8.63. The van der Waals surface area contributed by atoms with Crippen LogP contribution < -0.4 is 0 Å². The number of pyridine rings is 1. The highest BCUT2D eigenvalue weighted by atomic mass is 19.1. The zero-order valence-corrected chi connectivity index (χ0v) is 14.6. The van der Waals surface area contributed by atoms with Crippen LogP contribution in [0.4, 0.5) is 4.39 Å². The zero-order valence-electron chi connectivity index (χ0n) is 14.6. The van der Waals surface area contributed by atoms with Crippen molar-refractivity contribution in [1.82, 2.24) is 9.88 Å². The number of aliphatic carboxylic acids is 1. The zero-order chi connectivity index (χ0) is 18.7. The number of carboxylic acid groups (broad SMARTS) is 1. The van der Waals surface area contributed by atoms with Crippen LogP contribution in [0.15, 0.2) is 24.3 Å². The molecule has 6 nitrogen and oxygen atoms in total. The van der Waals surface area contributed by atoms with E-state index in [1.807, 2.05) is 0 Å². The number of carboxylic acids is 1. The van der Waals surface area contributed by atoms with E-state index in [0.29, 0.717) is 35.3 Å². The van der Waals surface area contributed by atoms with Crippen LogP contribution in [0.25, 0.3) is 10.9 Å². The first-order valence-corrected chi connectivity index (χ1v) is 8.63. The summed E-state index contributed by atoms with van der Waals surface area (Å²) in [5, 5.41) is 9.64. The molecule has 1 aromatic heterocycles. The van der Waals surface area contributed by atoms with Crippen LogP contribution in [0.2, 0.25) is 0 Å². The Balaban J connectivity index is 1.88. The van der Waals surface area contributed by atoms with E-state index < -0.39 is 5.97 Å². The van der Waals surface area contributed by atoms with Gasteiger partial charge in [0.25, 0.3) is 5.91 Å². The molecule has 1 aliphatic heterocycles. The van der Waals surface area contributed by atoms with Gasteiger partial charge in [-0.15, -0.1) is 0 Å². The molecule has 0 radical (unpaired) electrons. The minimum atomic E-state index is -0.959. The number of carbonyl (C=O) groups is 2. The average Bonchev–Trinajstić information content (AvgIpc) is 3.10. The average molecular weight is 360 g/mol. The molecule has 1 saturated heterocycles. The van der Waals surface area contributed by atoms with Crippen molar-refractivity contribution in [2.75, 3.05) is 19.7 Å². The minimum absolute atomic E-state index is 0.0736. The van der Waals surface area contributed by atoms with Crippen molar-refractivity contribution < 1.29 is 23.8 Å². The SMILES string of the molecule is Cc1nc2cc(F)ccc2cc1C(=O)N(CCC(=O)O)CC1CCCO1. The molecule has 1 fully saturated rings. The number of fused-ring (bicyclic) bond motifs is 1. The first kappa shape index (κ1) is 18.3. The Bertz CT molecular complexity index is 834. The molecular formula is C19H21FN2O4. The van der Waals surface area contributed by atoms with Crippen molar-refractivity contribution in [2.45, 2.75) is 32.3 Å². The fourth-order valence-electron chi connectivity index (χ4n) is 3.16. The van der Waals surface area contributed by atoms with Crippen LogP contribution in [0.5, 0.6) is 0 Å². The number of hydrogen-bond donors (Lipinski definition) is 1. The van der Waals surface area contributed by atoms with Crippen LogP contribution in [0, 0.1) is 12.7 Å². The highest BCUT2D eigenvalue weighted by Gasteiger charge is 2.25. The molecule has 1 unspecified atom stereocenters. The predicted molar refractivity (Wildman–Crippen MR) is 93.6 cm³/mol. The maximum atomic E-state index is 13.4. The number of nitrogens with zero attached hydrogens (tertiary/aromatic N) is 2. The van der Waals surface area contributed by atoms with Crippen molar-refractivity contribution in [3.63, 3.8) is 0 Å². The summed E-state index contributed by atoms with van der Waals surface area (Å²) in [5.74, 6) is -1.62. The second-order valence-electron chi connectivity index (χ2n) is 6.49. The molecule has 3 rings (SSSR count). The molecule has 7 heteroatoms. The maximum Gasteiger partial charge on any atom is 0.305 e. The van der Waals surface area contributed by atoms with E-state index >= 15 is 0 Å². The van der Waals surface area contributed by atoms with Crippen molar-refractivity contribution >= 4 is 22.8 Å². The number of rotatable bonds is 6. The summed E-state index contributed by atoms with van der Waals surface area (Å²) in [6, 6.07) is 5.91. The van der Waals surface area contributed by atoms with E-state index in [4.69, 9.17) is 9.84 Å². The summed E-state index contributed by atoms with van der Waals surface area (Å²) < 4.78 is 19.0. The smallest absolute Gasteiger partial charge is 0.305 e. The number of amides is 1. The normalized spacial score (nSPS) is 16.8. The van der Waals surface area contributed by atoms with Crippen molar-refractivity contribution in [3.05, 3.63) is 41.3 Å². The number of aromatic nitrogens is 1. The molecule has 1 amide bonds.